The van der Waals surface area contributed by atoms with Crippen molar-refractivity contribution in [1.29, 1.82) is 0 Å². The van der Waals surface area contributed by atoms with E-state index >= 15 is 0 Å². The molecule has 2 amide bonds. The molecule has 1 aliphatic heterocycles. The fourth-order valence-electron chi connectivity index (χ4n) is 2.69. The summed E-state index contributed by atoms with van der Waals surface area (Å²) in [5.74, 6) is -1.60. The molecule has 154 valence electrons. The Hall–Kier alpha value is -2.91. The maximum absolute atomic E-state index is 12.4. The molecule has 1 aliphatic rings. The molecule has 1 fully saturated rings. The summed E-state index contributed by atoms with van der Waals surface area (Å²) in [5.41, 5.74) is 0.358. The molecule has 0 bridgehead atoms. The second-order valence-corrected chi connectivity index (χ2v) is 6.06. The summed E-state index contributed by atoms with van der Waals surface area (Å²) in [6.07, 6.45) is -3.89. The first-order valence-electron chi connectivity index (χ1n) is 8.46. The maximum Gasteiger partial charge on any atom is 0.422 e. The molecule has 0 spiro atoms. The van der Waals surface area contributed by atoms with Gasteiger partial charge in [-0.3, -0.25) is 4.79 Å². The van der Waals surface area contributed by atoms with Crippen LogP contribution in [-0.4, -0.2) is 38.5 Å². The van der Waals surface area contributed by atoms with E-state index in [4.69, 9.17) is 9.47 Å². The molecule has 28 heavy (non-hydrogen) atoms. The standard InChI is InChI=1S/C18H21F3N2O5/c1-4-7-27-12-6-5-11(8-13(12)26-3)15-14(10(2)22-17(25)23-15)16(24)28-9-18(19,20)21/h5-6,8,14-15H,2,4,7,9H2,1,3H3,(H2,22,23,25)/t14-,15+/m1/s1. The molecule has 7 nitrogen and oxygen atoms in total. The number of benzene rings is 1. The Kier molecular flexibility index (Phi) is 6.76. The van der Waals surface area contributed by atoms with Crippen molar-refractivity contribution in [3.05, 3.63) is 36.0 Å². The van der Waals surface area contributed by atoms with Gasteiger partial charge >= 0.3 is 18.2 Å². The zero-order chi connectivity index (χ0) is 20.9. The third kappa shape index (κ3) is 5.30. The summed E-state index contributed by atoms with van der Waals surface area (Å²) in [6, 6.07) is 3.09. The molecule has 10 heteroatoms. The zero-order valence-electron chi connectivity index (χ0n) is 15.4. The van der Waals surface area contributed by atoms with Crippen molar-refractivity contribution < 1.29 is 37.0 Å². The van der Waals surface area contributed by atoms with Gasteiger partial charge in [0.1, 0.15) is 5.92 Å². The lowest BCUT2D eigenvalue weighted by Gasteiger charge is -2.33. The molecule has 0 aliphatic carbocycles. The summed E-state index contributed by atoms with van der Waals surface area (Å²) in [7, 11) is 1.42. The summed E-state index contributed by atoms with van der Waals surface area (Å²) < 4.78 is 52.4. The van der Waals surface area contributed by atoms with Gasteiger partial charge in [-0.05, 0) is 24.1 Å². The van der Waals surface area contributed by atoms with Crippen LogP contribution in [-0.2, 0) is 9.53 Å². The van der Waals surface area contributed by atoms with Gasteiger partial charge in [-0.15, -0.1) is 0 Å². The van der Waals surface area contributed by atoms with Crippen LogP contribution in [0, 0.1) is 5.92 Å². The molecule has 1 aromatic carbocycles. The van der Waals surface area contributed by atoms with Gasteiger partial charge in [-0.2, -0.15) is 13.2 Å². The summed E-state index contributed by atoms with van der Waals surface area (Å²) >= 11 is 0. The number of carbonyl (C=O) groups is 2. The lowest BCUT2D eigenvalue weighted by Crippen LogP contribution is -2.51. The SMILES string of the molecule is C=C1NC(=O)N[C@@H](c2ccc(OCCC)c(OC)c2)[C@@H]1C(=O)OCC(F)(F)F. The van der Waals surface area contributed by atoms with E-state index in [1.165, 1.54) is 7.11 Å². The van der Waals surface area contributed by atoms with Crippen molar-refractivity contribution in [3.8, 4) is 11.5 Å². The van der Waals surface area contributed by atoms with Crippen molar-refractivity contribution in [2.24, 2.45) is 5.92 Å². The highest BCUT2D eigenvalue weighted by Crippen LogP contribution is 2.36. The van der Waals surface area contributed by atoms with E-state index in [9.17, 15) is 22.8 Å². The molecule has 0 aromatic heterocycles. The fourth-order valence-corrected chi connectivity index (χ4v) is 2.69. The molecule has 0 unspecified atom stereocenters. The topological polar surface area (TPSA) is 85.9 Å². The van der Waals surface area contributed by atoms with E-state index in [1.54, 1.807) is 18.2 Å². The van der Waals surface area contributed by atoms with Crippen LogP contribution in [0.5, 0.6) is 11.5 Å². The highest BCUT2D eigenvalue weighted by molar-refractivity contribution is 5.85. The second kappa shape index (κ2) is 8.85. The van der Waals surface area contributed by atoms with Crippen molar-refractivity contribution in [2.75, 3.05) is 20.3 Å². The third-order valence-electron chi connectivity index (χ3n) is 3.91. The van der Waals surface area contributed by atoms with Gasteiger partial charge in [0.15, 0.2) is 18.1 Å². The van der Waals surface area contributed by atoms with Gasteiger partial charge in [0.25, 0.3) is 0 Å². The highest BCUT2D eigenvalue weighted by atomic mass is 19.4. The minimum Gasteiger partial charge on any atom is -0.493 e. The van der Waals surface area contributed by atoms with Crippen LogP contribution in [0.1, 0.15) is 24.9 Å². The number of methoxy groups -OCH3 is 1. The summed E-state index contributed by atoms with van der Waals surface area (Å²) in [6.45, 7) is 4.25. The van der Waals surface area contributed by atoms with E-state index in [-0.39, 0.29) is 5.70 Å². The fraction of sp³-hybridized carbons (Fsp3) is 0.444. The smallest absolute Gasteiger partial charge is 0.422 e. The van der Waals surface area contributed by atoms with Crippen LogP contribution in [0.3, 0.4) is 0 Å². The predicted molar refractivity (Wildman–Crippen MR) is 92.8 cm³/mol. The molecule has 2 atom stereocenters. The van der Waals surface area contributed by atoms with E-state index < -0.39 is 36.7 Å². The molecular formula is C18H21F3N2O5. The van der Waals surface area contributed by atoms with Crippen molar-refractivity contribution in [3.63, 3.8) is 0 Å². The van der Waals surface area contributed by atoms with Gasteiger partial charge in [0, 0.05) is 5.70 Å². The molecule has 0 saturated carbocycles. The number of amides is 2. The predicted octanol–water partition coefficient (Wildman–Crippen LogP) is 3.07. The first-order chi connectivity index (χ1) is 13.2. The van der Waals surface area contributed by atoms with E-state index in [0.717, 1.165) is 6.42 Å². The number of hydrogen-bond donors (Lipinski definition) is 2. The number of rotatable bonds is 7. The van der Waals surface area contributed by atoms with E-state index in [0.29, 0.717) is 23.7 Å². The van der Waals surface area contributed by atoms with Gasteiger partial charge in [0.05, 0.1) is 19.8 Å². The first kappa shape index (κ1) is 21.4. The Morgan fingerprint density at radius 3 is 2.61 bits per heavy atom. The average molecular weight is 402 g/mol. The lowest BCUT2D eigenvalue weighted by molar-refractivity contribution is -0.189. The quantitative estimate of drug-likeness (QED) is 0.685. The minimum absolute atomic E-state index is 0.0637. The van der Waals surface area contributed by atoms with E-state index in [1.807, 2.05) is 6.92 Å². The Balaban J connectivity index is 2.31. The van der Waals surface area contributed by atoms with Crippen molar-refractivity contribution >= 4 is 12.0 Å². The first-order valence-corrected chi connectivity index (χ1v) is 8.46. The second-order valence-electron chi connectivity index (χ2n) is 6.06. The number of urea groups is 1. The third-order valence-corrected chi connectivity index (χ3v) is 3.91. The number of alkyl halides is 3. The Labute approximate surface area is 159 Å². The zero-order valence-corrected chi connectivity index (χ0v) is 15.4. The molecule has 2 N–H and O–H groups in total. The van der Waals surface area contributed by atoms with Gasteiger partial charge in [-0.25, -0.2) is 4.79 Å². The van der Waals surface area contributed by atoms with Crippen LogP contribution < -0.4 is 20.1 Å². The average Bonchev–Trinajstić information content (AvgIpc) is 2.63. The van der Waals surface area contributed by atoms with Gasteiger partial charge in [0.2, 0.25) is 0 Å². The highest BCUT2D eigenvalue weighted by Gasteiger charge is 2.41. The summed E-state index contributed by atoms with van der Waals surface area (Å²) in [5, 5.41) is 4.81. The van der Waals surface area contributed by atoms with Crippen molar-refractivity contribution in [2.45, 2.75) is 25.6 Å². The van der Waals surface area contributed by atoms with Gasteiger partial charge < -0.3 is 24.8 Å². The van der Waals surface area contributed by atoms with Crippen LogP contribution >= 0.6 is 0 Å². The molecule has 1 saturated heterocycles. The maximum atomic E-state index is 12.4. The van der Waals surface area contributed by atoms with E-state index in [2.05, 4.69) is 21.9 Å². The summed E-state index contributed by atoms with van der Waals surface area (Å²) in [4.78, 5) is 24.1. The number of carbonyl (C=O) groups excluding carboxylic acids is 2. The number of halogens is 3. The van der Waals surface area contributed by atoms with Crippen LogP contribution in [0.2, 0.25) is 0 Å². The van der Waals surface area contributed by atoms with Crippen molar-refractivity contribution in [1.82, 2.24) is 10.6 Å². The van der Waals surface area contributed by atoms with Crippen LogP contribution in [0.15, 0.2) is 30.5 Å². The molecular weight excluding hydrogens is 381 g/mol. The largest absolute Gasteiger partial charge is 0.493 e. The normalized spacial score (nSPS) is 19.5. The van der Waals surface area contributed by atoms with Gasteiger partial charge in [-0.1, -0.05) is 19.6 Å². The monoisotopic (exact) mass is 402 g/mol. The lowest BCUT2D eigenvalue weighted by atomic mass is 9.89. The number of hydrogen-bond acceptors (Lipinski definition) is 5. The Bertz CT molecular complexity index is 751. The minimum atomic E-state index is -4.67. The molecule has 1 heterocycles. The molecule has 0 radical (unpaired) electrons. The molecule has 2 rings (SSSR count). The van der Waals surface area contributed by atoms with Crippen LogP contribution in [0.4, 0.5) is 18.0 Å². The Morgan fingerprint density at radius 2 is 2.00 bits per heavy atom. The van der Waals surface area contributed by atoms with Crippen LogP contribution in [0.25, 0.3) is 0 Å². The number of nitrogens with one attached hydrogen (secondary N) is 2. The number of esters is 1. The Morgan fingerprint density at radius 1 is 1.29 bits per heavy atom. The molecule has 1 aromatic rings. The number of ether oxygens (including phenoxy) is 3.